The monoisotopic (exact) mass is 425 g/mol. The van der Waals surface area contributed by atoms with Gasteiger partial charge in [-0.1, -0.05) is 24.3 Å². The first-order valence-electron chi connectivity index (χ1n) is 10.2. The average molecular weight is 426 g/mol. The first-order valence-corrected chi connectivity index (χ1v) is 11.7. The zero-order chi connectivity index (χ0) is 21.1. The van der Waals surface area contributed by atoms with Crippen LogP contribution in [0.2, 0.25) is 0 Å². The number of aryl methyl sites for hydroxylation is 1. The molecule has 1 saturated heterocycles. The van der Waals surface area contributed by atoms with Gasteiger partial charge in [0.05, 0.1) is 12.6 Å². The molecule has 0 saturated carbocycles. The van der Waals surface area contributed by atoms with Gasteiger partial charge in [-0.2, -0.15) is 0 Å². The topological polar surface area (TPSA) is 71.5 Å². The summed E-state index contributed by atoms with van der Waals surface area (Å²) in [6.45, 7) is 4.18. The quantitative estimate of drug-likeness (QED) is 0.625. The maximum absolute atomic E-state index is 13.2. The van der Waals surface area contributed by atoms with Gasteiger partial charge in [-0.15, -0.1) is 0 Å². The van der Waals surface area contributed by atoms with Crippen molar-refractivity contribution in [2.75, 3.05) is 26.7 Å². The Morgan fingerprint density at radius 1 is 1.13 bits per heavy atom. The number of ether oxygens (including phenoxy) is 1. The van der Waals surface area contributed by atoms with Crippen molar-refractivity contribution in [3.05, 3.63) is 65.9 Å². The van der Waals surface area contributed by atoms with Gasteiger partial charge in [0.25, 0.3) is 0 Å². The Morgan fingerprint density at radius 2 is 1.87 bits per heavy atom. The summed E-state index contributed by atoms with van der Waals surface area (Å²) in [5.74, 6) is 0.789. The van der Waals surface area contributed by atoms with E-state index < -0.39 is 10.0 Å². The standard InChI is InChI=1S/C23H27N3O3S/c1-17-14-19-6-5-7-22(23(19)24-15-17)30(27,28)25-16-21(26-12-3-4-13-26)18-8-10-20(29-2)11-9-18/h5-11,14-15,21,25H,3-4,12-13,16H2,1-2H3. The van der Waals surface area contributed by atoms with Crippen LogP contribution in [0, 0.1) is 6.92 Å². The van der Waals surface area contributed by atoms with E-state index in [9.17, 15) is 8.42 Å². The Bertz CT molecular complexity index is 1120. The Labute approximate surface area is 177 Å². The highest BCUT2D eigenvalue weighted by atomic mass is 32.2. The fourth-order valence-corrected chi connectivity index (χ4v) is 5.28. The summed E-state index contributed by atoms with van der Waals surface area (Å²) in [6.07, 6.45) is 3.96. The highest BCUT2D eigenvalue weighted by Crippen LogP contribution is 2.27. The maximum Gasteiger partial charge on any atom is 0.242 e. The summed E-state index contributed by atoms with van der Waals surface area (Å²) in [4.78, 5) is 6.95. The first-order chi connectivity index (χ1) is 14.5. The molecule has 158 valence electrons. The van der Waals surface area contributed by atoms with Crippen molar-refractivity contribution in [3.63, 3.8) is 0 Å². The van der Waals surface area contributed by atoms with Crippen molar-refractivity contribution in [1.82, 2.24) is 14.6 Å². The van der Waals surface area contributed by atoms with E-state index in [0.29, 0.717) is 12.1 Å². The number of nitrogens with zero attached hydrogens (tertiary/aromatic N) is 2. The number of fused-ring (bicyclic) bond motifs is 1. The molecule has 0 aliphatic carbocycles. The Balaban J connectivity index is 1.61. The van der Waals surface area contributed by atoms with Crippen LogP contribution in [-0.2, 0) is 10.0 Å². The van der Waals surface area contributed by atoms with Crippen molar-refractivity contribution in [2.24, 2.45) is 0 Å². The number of benzene rings is 2. The molecule has 30 heavy (non-hydrogen) atoms. The molecule has 6 nitrogen and oxygen atoms in total. The van der Waals surface area contributed by atoms with Crippen LogP contribution in [0.3, 0.4) is 0 Å². The highest BCUT2D eigenvalue weighted by Gasteiger charge is 2.26. The number of methoxy groups -OCH3 is 1. The molecule has 0 radical (unpaired) electrons. The van der Waals surface area contributed by atoms with Crippen LogP contribution >= 0.6 is 0 Å². The number of nitrogens with one attached hydrogen (secondary N) is 1. The number of hydrogen-bond acceptors (Lipinski definition) is 5. The Morgan fingerprint density at radius 3 is 2.57 bits per heavy atom. The van der Waals surface area contributed by atoms with Crippen molar-refractivity contribution >= 4 is 20.9 Å². The van der Waals surface area contributed by atoms with Crippen molar-refractivity contribution in [1.29, 1.82) is 0 Å². The summed E-state index contributed by atoms with van der Waals surface area (Å²) in [6, 6.07) is 15.1. The fourth-order valence-electron chi connectivity index (χ4n) is 4.06. The van der Waals surface area contributed by atoms with E-state index in [4.69, 9.17) is 4.74 Å². The second-order valence-electron chi connectivity index (χ2n) is 7.72. The number of sulfonamides is 1. The first kappa shape index (κ1) is 20.8. The zero-order valence-corrected chi connectivity index (χ0v) is 18.2. The van der Waals surface area contributed by atoms with E-state index >= 15 is 0 Å². The van der Waals surface area contributed by atoms with E-state index in [-0.39, 0.29) is 10.9 Å². The van der Waals surface area contributed by atoms with E-state index in [1.165, 1.54) is 0 Å². The molecule has 2 aromatic carbocycles. The molecule has 3 aromatic rings. The van der Waals surface area contributed by atoms with E-state index in [2.05, 4.69) is 14.6 Å². The molecule has 0 bridgehead atoms. The van der Waals surface area contributed by atoms with Gasteiger partial charge in [0, 0.05) is 24.2 Å². The molecular weight excluding hydrogens is 398 g/mol. The molecule has 1 fully saturated rings. The molecule has 0 amide bonds. The van der Waals surface area contributed by atoms with Crippen LogP contribution in [0.15, 0.2) is 59.6 Å². The highest BCUT2D eigenvalue weighted by molar-refractivity contribution is 7.89. The van der Waals surface area contributed by atoms with E-state index in [0.717, 1.165) is 48.2 Å². The number of para-hydroxylation sites is 1. The van der Waals surface area contributed by atoms with Crippen molar-refractivity contribution < 1.29 is 13.2 Å². The van der Waals surface area contributed by atoms with Gasteiger partial charge in [0.2, 0.25) is 10.0 Å². The second kappa shape index (κ2) is 8.71. The minimum atomic E-state index is -3.71. The molecule has 1 aliphatic rings. The minimum Gasteiger partial charge on any atom is -0.497 e. The fraction of sp³-hybridized carbons (Fsp3) is 0.348. The Hall–Kier alpha value is -2.48. The van der Waals surface area contributed by atoms with Gasteiger partial charge >= 0.3 is 0 Å². The summed E-state index contributed by atoms with van der Waals surface area (Å²) in [5.41, 5.74) is 2.57. The predicted molar refractivity (Wildman–Crippen MR) is 118 cm³/mol. The molecule has 1 aromatic heterocycles. The minimum absolute atomic E-state index is 0.0293. The van der Waals surface area contributed by atoms with Crippen molar-refractivity contribution in [2.45, 2.75) is 30.7 Å². The number of likely N-dealkylation sites (tertiary alicyclic amines) is 1. The van der Waals surface area contributed by atoms with Crippen LogP contribution in [0.25, 0.3) is 10.9 Å². The molecule has 1 aliphatic heterocycles. The SMILES string of the molecule is COc1ccc(C(CNS(=O)(=O)c2cccc3cc(C)cnc23)N2CCCC2)cc1. The van der Waals surface area contributed by atoms with Gasteiger partial charge in [-0.3, -0.25) is 9.88 Å². The summed E-state index contributed by atoms with van der Waals surface area (Å²) >= 11 is 0. The molecular formula is C23H27N3O3S. The van der Waals surface area contributed by atoms with Gasteiger partial charge in [-0.05, 0) is 68.2 Å². The smallest absolute Gasteiger partial charge is 0.242 e. The average Bonchev–Trinajstić information content (AvgIpc) is 3.28. The van der Waals surface area contributed by atoms with E-state index in [1.807, 2.05) is 43.3 Å². The summed E-state index contributed by atoms with van der Waals surface area (Å²) in [7, 11) is -2.07. The summed E-state index contributed by atoms with van der Waals surface area (Å²) < 4.78 is 34.5. The van der Waals surface area contributed by atoms with Crippen LogP contribution in [0.4, 0.5) is 0 Å². The van der Waals surface area contributed by atoms with E-state index in [1.54, 1.807) is 25.4 Å². The lowest BCUT2D eigenvalue weighted by Crippen LogP contribution is -2.36. The Kier molecular flexibility index (Phi) is 6.04. The largest absolute Gasteiger partial charge is 0.497 e. The lowest BCUT2D eigenvalue weighted by atomic mass is 10.1. The van der Waals surface area contributed by atoms with Crippen LogP contribution < -0.4 is 9.46 Å². The van der Waals surface area contributed by atoms with Crippen LogP contribution in [0.1, 0.15) is 30.0 Å². The number of aromatic nitrogens is 1. The molecule has 4 rings (SSSR count). The van der Waals surface area contributed by atoms with Gasteiger partial charge in [0.15, 0.2) is 0 Å². The van der Waals surface area contributed by atoms with Crippen LogP contribution in [-0.4, -0.2) is 45.0 Å². The lowest BCUT2D eigenvalue weighted by Gasteiger charge is -2.28. The third kappa shape index (κ3) is 4.33. The molecule has 2 heterocycles. The third-order valence-electron chi connectivity index (χ3n) is 5.65. The number of hydrogen-bond donors (Lipinski definition) is 1. The predicted octanol–water partition coefficient (Wildman–Crippen LogP) is 3.67. The zero-order valence-electron chi connectivity index (χ0n) is 17.3. The third-order valence-corrected chi connectivity index (χ3v) is 7.10. The second-order valence-corrected chi connectivity index (χ2v) is 9.46. The molecule has 1 N–H and O–H groups in total. The van der Waals surface area contributed by atoms with Crippen molar-refractivity contribution in [3.8, 4) is 5.75 Å². The molecule has 1 atom stereocenters. The molecule has 0 spiro atoms. The van der Waals surface area contributed by atoms with Crippen LogP contribution in [0.5, 0.6) is 5.75 Å². The maximum atomic E-state index is 13.2. The van der Waals surface area contributed by atoms with Gasteiger partial charge < -0.3 is 4.74 Å². The van der Waals surface area contributed by atoms with Gasteiger partial charge in [-0.25, -0.2) is 13.1 Å². The molecule has 1 unspecified atom stereocenters. The molecule has 7 heteroatoms. The number of pyridine rings is 1. The summed E-state index contributed by atoms with van der Waals surface area (Å²) in [5, 5.41) is 0.823. The normalized spacial score (nSPS) is 16.1. The number of rotatable bonds is 7. The lowest BCUT2D eigenvalue weighted by molar-refractivity contribution is 0.246. The van der Waals surface area contributed by atoms with Gasteiger partial charge in [0.1, 0.15) is 10.6 Å².